The standard InChI is InChI=1S/C22H12F2N2O2S/c23-16-5-2-4-15(10-16)22-19-11-17(24)7-8-20(19)26-13-21(22)29(27,28)18-6-1-3-14(9-18)12-25/h1-11,13H. The summed E-state index contributed by atoms with van der Waals surface area (Å²) in [5.41, 5.74) is 0.975. The van der Waals surface area contributed by atoms with E-state index in [0.29, 0.717) is 5.52 Å². The van der Waals surface area contributed by atoms with Crippen LogP contribution >= 0.6 is 0 Å². The van der Waals surface area contributed by atoms with Crippen LogP contribution in [-0.2, 0) is 9.84 Å². The molecular weight excluding hydrogens is 394 g/mol. The zero-order valence-electron chi connectivity index (χ0n) is 14.8. The lowest BCUT2D eigenvalue weighted by molar-refractivity contribution is 0.596. The number of nitrogens with zero attached hydrogens (tertiary/aromatic N) is 2. The molecule has 0 radical (unpaired) electrons. The summed E-state index contributed by atoms with van der Waals surface area (Å²) in [6.45, 7) is 0. The highest BCUT2D eigenvalue weighted by Crippen LogP contribution is 2.37. The van der Waals surface area contributed by atoms with Crippen molar-refractivity contribution in [1.82, 2.24) is 4.98 Å². The SMILES string of the molecule is N#Cc1cccc(S(=O)(=O)c2cnc3ccc(F)cc3c2-c2cccc(F)c2)c1. The van der Waals surface area contributed by atoms with Crippen molar-refractivity contribution in [3.05, 3.63) is 90.1 Å². The van der Waals surface area contributed by atoms with Crippen LogP contribution in [0.1, 0.15) is 5.56 Å². The van der Waals surface area contributed by atoms with Crippen molar-refractivity contribution < 1.29 is 17.2 Å². The molecule has 0 N–H and O–H groups in total. The number of hydrogen-bond donors (Lipinski definition) is 0. The Balaban J connectivity index is 2.09. The van der Waals surface area contributed by atoms with Crippen LogP contribution in [-0.4, -0.2) is 13.4 Å². The number of aromatic nitrogens is 1. The monoisotopic (exact) mass is 406 g/mol. The summed E-state index contributed by atoms with van der Waals surface area (Å²) in [6.07, 6.45) is 1.18. The zero-order chi connectivity index (χ0) is 20.6. The molecule has 7 heteroatoms. The van der Waals surface area contributed by atoms with Gasteiger partial charge >= 0.3 is 0 Å². The molecule has 0 saturated heterocycles. The van der Waals surface area contributed by atoms with Gasteiger partial charge < -0.3 is 0 Å². The van der Waals surface area contributed by atoms with E-state index in [1.165, 1.54) is 66.9 Å². The summed E-state index contributed by atoms with van der Waals surface area (Å²) in [7, 11) is -4.13. The normalized spacial score (nSPS) is 11.3. The number of nitriles is 1. The van der Waals surface area contributed by atoms with Crippen LogP contribution < -0.4 is 0 Å². The van der Waals surface area contributed by atoms with Crippen LogP contribution in [0.3, 0.4) is 0 Å². The number of rotatable bonds is 3. The van der Waals surface area contributed by atoms with Gasteiger partial charge in [0.15, 0.2) is 0 Å². The molecule has 29 heavy (non-hydrogen) atoms. The zero-order valence-corrected chi connectivity index (χ0v) is 15.6. The summed E-state index contributed by atoms with van der Waals surface area (Å²) in [6, 6.07) is 16.7. The van der Waals surface area contributed by atoms with Gasteiger partial charge in [0.1, 0.15) is 11.6 Å². The Morgan fingerprint density at radius 3 is 2.41 bits per heavy atom. The lowest BCUT2D eigenvalue weighted by Crippen LogP contribution is -2.06. The summed E-state index contributed by atoms with van der Waals surface area (Å²) in [5, 5.41) is 9.34. The molecule has 0 unspecified atom stereocenters. The van der Waals surface area contributed by atoms with Crippen LogP contribution in [0, 0.1) is 23.0 Å². The van der Waals surface area contributed by atoms with Gasteiger partial charge in [-0.1, -0.05) is 18.2 Å². The minimum atomic E-state index is -4.13. The van der Waals surface area contributed by atoms with Gasteiger partial charge in [-0.15, -0.1) is 0 Å². The Hall–Kier alpha value is -3.63. The van der Waals surface area contributed by atoms with Crippen molar-refractivity contribution in [3.8, 4) is 17.2 Å². The molecule has 0 amide bonds. The first kappa shape index (κ1) is 18.7. The molecule has 0 spiro atoms. The Morgan fingerprint density at radius 2 is 1.66 bits per heavy atom. The molecule has 0 aliphatic rings. The maximum absolute atomic E-state index is 14.0. The fourth-order valence-corrected chi connectivity index (χ4v) is 4.63. The molecule has 4 nitrogen and oxygen atoms in total. The molecule has 0 bridgehead atoms. The molecule has 0 aliphatic heterocycles. The second-order valence-electron chi connectivity index (χ2n) is 6.31. The van der Waals surface area contributed by atoms with Crippen LogP contribution in [0.4, 0.5) is 8.78 Å². The number of benzene rings is 3. The quantitative estimate of drug-likeness (QED) is 0.486. The van der Waals surface area contributed by atoms with Gasteiger partial charge in [0.25, 0.3) is 0 Å². The van der Waals surface area contributed by atoms with E-state index in [2.05, 4.69) is 4.98 Å². The molecule has 3 aromatic carbocycles. The third-order valence-corrected chi connectivity index (χ3v) is 6.23. The van der Waals surface area contributed by atoms with Crippen molar-refractivity contribution in [2.24, 2.45) is 0 Å². The summed E-state index contributed by atoms with van der Waals surface area (Å²) in [4.78, 5) is 3.86. The fraction of sp³-hybridized carbons (Fsp3) is 0. The number of pyridine rings is 1. The van der Waals surface area contributed by atoms with E-state index in [0.717, 1.165) is 0 Å². The average Bonchev–Trinajstić information content (AvgIpc) is 2.72. The lowest BCUT2D eigenvalue weighted by atomic mass is 10.0. The van der Waals surface area contributed by atoms with Gasteiger partial charge in [-0.2, -0.15) is 5.26 Å². The molecule has 0 aliphatic carbocycles. The van der Waals surface area contributed by atoms with Crippen molar-refractivity contribution in [3.63, 3.8) is 0 Å². The van der Waals surface area contributed by atoms with Crippen molar-refractivity contribution in [1.29, 1.82) is 5.26 Å². The van der Waals surface area contributed by atoms with Crippen molar-refractivity contribution in [2.45, 2.75) is 9.79 Å². The van der Waals surface area contributed by atoms with E-state index in [4.69, 9.17) is 5.26 Å². The molecule has 1 aromatic heterocycles. The first-order valence-corrected chi connectivity index (χ1v) is 9.98. The topological polar surface area (TPSA) is 70.8 Å². The minimum Gasteiger partial charge on any atom is -0.255 e. The molecule has 142 valence electrons. The van der Waals surface area contributed by atoms with Crippen LogP contribution in [0.5, 0.6) is 0 Å². The Kier molecular flexibility index (Phi) is 4.57. The molecule has 4 aromatic rings. The van der Waals surface area contributed by atoms with Gasteiger partial charge in [0, 0.05) is 17.1 Å². The van der Waals surface area contributed by atoms with Gasteiger partial charge in [0.2, 0.25) is 9.84 Å². The number of halogens is 2. The molecule has 1 heterocycles. The second kappa shape index (κ2) is 7.08. The van der Waals surface area contributed by atoms with Crippen LogP contribution in [0.25, 0.3) is 22.0 Å². The maximum Gasteiger partial charge on any atom is 0.208 e. The van der Waals surface area contributed by atoms with Crippen molar-refractivity contribution >= 4 is 20.7 Å². The molecule has 0 fully saturated rings. The highest BCUT2D eigenvalue weighted by molar-refractivity contribution is 7.91. The molecule has 0 saturated carbocycles. The number of fused-ring (bicyclic) bond motifs is 1. The third-order valence-electron chi connectivity index (χ3n) is 4.47. The molecular formula is C22H12F2N2O2S. The Bertz CT molecular complexity index is 1410. The predicted molar refractivity (Wildman–Crippen MR) is 104 cm³/mol. The van der Waals surface area contributed by atoms with Gasteiger partial charge in [0.05, 0.1) is 26.9 Å². The number of hydrogen-bond acceptors (Lipinski definition) is 4. The van der Waals surface area contributed by atoms with Gasteiger partial charge in [-0.25, -0.2) is 17.2 Å². The van der Waals surface area contributed by atoms with E-state index < -0.39 is 21.5 Å². The first-order chi connectivity index (χ1) is 13.9. The van der Waals surface area contributed by atoms with Gasteiger partial charge in [-0.3, -0.25) is 4.98 Å². The highest BCUT2D eigenvalue weighted by atomic mass is 32.2. The van der Waals surface area contributed by atoms with E-state index in [1.807, 2.05) is 6.07 Å². The minimum absolute atomic E-state index is 0.105. The van der Waals surface area contributed by atoms with E-state index in [-0.39, 0.29) is 31.9 Å². The maximum atomic E-state index is 14.0. The van der Waals surface area contributed by atoms with E-state index in [9.17, 15) is 17.2 Å². The number of sulfone groups is 1. The largest absolute Gasteiger partial charge is 0.255 e. The smallest absolute Gasteiger partial charge is 0.208 e. The van der Waals surface area contributed by atoms with Crippen LogP contribution in [0.15, 0.2) is 82.7 Å². The highest BCUT2D eigenvalue weighted by Gasteiger charge is 2.25. The summed E-state index contributed by atoms with van der Waals surface area (Å²) < 4.78 is 54.6. The van der Waals surface area contributed by atoms with Crippen molar-refractivity contribution in [2.75, 3.05) is 0 Å². The Labute approximate surface area is 165 Å². The summed E-state index contributed by atoms with van der Waals surface area (Å²) in [5.74, 6) is -1.13. The lowest BCUT2D eigenvalue weighted by Gasteiger charge is -2.14. The van der Waals surface area contributed by atoms with E-state index in [1.54, 1.807) is 6.07 Å². The van der Waals surface area contributed by atoms with Gasteiger partial charge in [-0.05, 0) is 54.1 Å². The third kappa shape index (κ3) is 3.35. The fourth-order valence-electron chi connectivity index (χ4n) is 3.15. The van der Waals surface area contributed by atoms with E-state index >= 15 is 0 Å². The molecule has 0 atom stereocenters. The van der Waals surface area contributed by atoms with Crippen LogP contribution in [0.2, 0.25) is 0 Å². The molecule has 4 rings (SSSR count). The average molecular weight is 406 g/mol. The second-order valence-corrected chi connectivity index (χ2v) is 8.23. The summed E-state index contributed by atoms with van der Waals surface area (Å²) >= 11 is 0. The predicted octanol–water partition coefficient (Wildman–Crippen LogP) is 4.88. The Morgan fingerprint density at radius 1 is 0.897 bits per heavy atom. The first-order valence-electron chi connectivity index (χ1n) is 8.49.